The summed E-state index contributed by atoms with van der Waals surface area (Å²) in [7, 11) is 0. The predicted octanol–water partition coefficient (Wildman–Crippen LogP) is 3.13. The number of amides is 2. The fourth-order valence-corrected chi connectivity index (χ4v) is 5.92. The molecule has 1 saturated carbocycles. The molecular weight excluding hydrogens is 570 g/mol. The van der Waals surface area contributed by atoms with Gasteiger partial charge in [0.1, 0.15) is 11.4 Å². The maximum atomic E-state index is 13.9. The van der Waals surface area contributed by atoms with E-state index in [0.29, 0.717) is 30.9 Å². The minimum Gasteiger partial charge on any atom is -0.870 e. The zero-order valence-corrected chi connectivity index (χ0v) is 27.4. The van der Waals surface area contributed by atoms with E-state index in [0.717, 1.165) is 30.5 Å². The van der Waals surface area contributed by atoms with E-state index in [4.69, 9.17) is 4.99 Å². The normalized spacial score (nSPS) is 21.0. The fourth-order valence-electron chi connectivity index (χ4n) is 5.92. The molecule has 11 heteroatoms. The molecular formula is C32H38F3N3NaO4-. The number of benzene rings is 2. The van der Waals surface area contributed by atoms with Crippen molar-refractivity contribution >= 4 is 23.8 Å². The van der Waals surface area contributed by atoms with Gasteiger partial charge in [0, 0.05) is 17.7 Å². The third kappa shape index (κ3) is 8.35. The molecule has 1 unspecified atom stereocenters. The van der Waals surface area contributed by atoms with Crippen LogP contribution in [0.3, 0.4) is 0 Å². The Labute approximate surface area is 273 Å². The zero-order chi connectivity index (χ0) is 30.0. The van der Waals surface area contributed by atoms with E-state index in [9.17, 15) is 27.6 Å². The van der Waals surface area contributed by atoms with E-state index in [1.54, 1.807) is 23.3 Å². The molecule has 0 radical (unpaired) electrons. The SMILES string of the molecule is CC(CN1C(=O)C(c2cccc(C(F)(F)F)c2)=NC12CCC(C(C)(C)C)CC2)c1ccc(C(=O)NCC[C-]=O)cc1.[Na+].[OH-]. The maximum absolute atomic E-state index is 13.9. The van der Waals surface area contributed by atoms with Gasteiger partial charge in [0.15, 0.2) is 0 Å². The van der Waals surface area contributed by atoms with Gasteiger partial charge in [0.25, 0.3) is 11.8 Å². The summed E-state index contributed by atoms with van der Waals surface area (Å²) in [5.41, 5.74) is 0.132. The van der Waals surface area contributed by atoms with Crippen molar-refractivity contribution in [2.45, 2.75) is 77.6 Å². The molecule has 1 heterocycles. The summed E-state index contributed by atoms with van der Waals surface area (Å²) >= 11 is 0. The number of rotatable bonds is 8. The monoisotopic (exact) mass is 608 g/mol. The fraction of sp³-hybridized carbons (Fsp3) is 0.500. The van der Waals surface area contributed by atoms with E-state index in [1.807, 2.05) is 19.1 Å². The van der Waals surface area contributed by atoms with Gasteiger partial charge in [-0.1, -0.05) is 52.0 Å². The van der Waals surface area contributed by atoms with Crippen LogP contribution in [0.2, 0.25) is 0 Å². The minimum absolute atomic E-state index is 0. The van der Waals surface area contributed by atoms with Crippen molar-refractivity contribution in [2.24, 2.45) is 16.3 Å². The molecule has 228 valence electrons. The first-order valence-electron chi connectivity index (χ1n) is 14.1. The van der Waals surface area contributed by atoms with Crippen molar-refractivity contribution in [1.29, 1.82) is 0 Å². The van der Waals surface area contributed by atoms with E-state index < -0.39 is 17.4 Å². The largest absolute Gasteiger partial charge is 1.00 e. The topological polar surface area (TPSA) is 109 Å². The third-order valence-corrected chi connectivity index (χ3v) is 8.46. The maximum Gasteiger partial charge on any atom is 1.00 e. The van der Waals surface area contributed by atoms with Crippen LogP contribution in [-0.2, 0) is 15.8 Å². The molecule has 1 aliphatic heterocycles. The number of nitrogens with zero attached hydrogens (tertiary/aromatic N) is 2. The second-order valence-corrected chi connectivity index (χ2v) is 12.3. The Kier molecular flexibility index (Phi) is 12.4. The second kappa shape index (κ2) is 14.5. The number of alkyl halides is 3. The molecule has 0 saturated heterocycles. The van der Waals surface area contributed by atoms with Crippen molar-refractivity contribution < 1.29 is 62.6 Å². The van der Waals surface area contributed by atoms with Crippen molar-refractivity contribution in [3.05, 3.63) is 70.8 Å². The van der Waals surface area contributed by atoms with Crippen LogP contribution in [0.4, 0.5) is 13.2 Å². The standard InChI is InChI=1S/C32H37F3N3O3.Na.H2O/c1-21(22-9-11-23(12-10-22)28(40)36-17-6-18-39)20-38-29(41)27(24-7-5-8-26(19-24)32(33,34)35)37-31(38)15-13-25(14-16-31)30(2,3)4;;/h5,7-12,19,21,25H,6,13-17,20H2,1-4H3,(H,36,40);;1H2/q-1;+1;/p-1. The van der Waals surface area contributed by atoms with Crippen LogP contribution >= 0.6 is 0 Å². The molecule has 1 fully saturated rings. The molecule has 2 amide bonds. The Bertz CT molecular complexity index is 1310. The Hall–Kier alpha value is -2.53. The number of nitrogens with one attached hydrogen (secondary N) is 1. The quantitative estimate of drug-likeness (QED) is 0.282. The van der Waals surface area contributed by atoms with Crippen LogP contribution in [0.25, 0.3) is 0 Å². The van der Waals surface area contributed by atoms with Crippen LogP contribution in [0.1, 0.15) is 92.8 Å². The van der Waals surface area contributed by atoms with E-state index in [2.05, 4.69) is 26.1 Å². The Balaban J connectivity index is 0.00000323. The molecule has 1 spiro atoms. The first-order valence-corrected chi connectivity index (χ1v) is 14.1. The van der Waals surface area contributed by atoms with Crippen LogP contribution < -0.4 is 34.9 Å². The first-order chi connectivity index (χ1) is 19.2. The first kappa shape index (κ1) is 36.7. The van der Waals surface area contributed by atoms with Gasteiger partial charge in [0.05, 0.1) is 5.56 Å². The number of carbonyl (C=O) groups excluding carboxylic acids is 3. The van der Waals surface area contributed by atoms with Gasteiger partial charge < -0.3 is 20.5 Å². The van der Waals surface area contributed by atoms with E-state index in [1.165, 1.54) is 12.1 Å². The second-order valence-electron chi connectivity index (χ2n) is 12.3. The average molecular weight is 609 g/mol. The van der Waals surface area contributed by atoms with Gasteiger partial charge in [-0.3, -0.25) is 20.9 Å². The van der Waals surface area contributed by atoms with Gasteiger partial charge in [-0.2, -0.15) is 13.2 Å². The summed E-state index contributed by atoms with van der Waals surface area (Å²) in [5, 5.41) is 2.66. The van der Waals surface area contributed by atoms with E-state index in [-0.39, 0.29) is 82.4 Å². The molecule has 2 aromatic carbocycles. The molecule has 1 aliphatic carbocycles. The Morgan fingerprint density at radius 1 is 1.12 bits per heavy atom. The van der Waals surface area contributed by atoms with Gasteiger partial charge in [-0.25, -0.2) is 0 Å². The minimum atomic E-state index is -4.52. The summed E-state index contributed by atoms with van der Waals surface area (Å²) in [6, 6.07) is 11.9. The molecule has 2 aliphatic rings. The van der Waals surface area contributed by atoms with Crippen LogP contribution in [0, 0.1) is 11.3 Å². The number of aliphatic imine (C=N–C) groups is 1. The van der Waals surface area contributed by atoms with Gasteiger partial charge in [0.2, 0.25) is 0 Å². The van der Waals surface area contributed by atoms with Crippen molar-refractivity contribution in [1.82, 2.24) is 10.2 Å². The van der Waals surface area contributed by atoms with Crippen molar-refractivity contribution in [3.8, 4) is 0 Å². The van der Waals surface area contributed by atoms with Gasteiger partial charge in [-0.05, 0) is 79.3 Å². The molecule has 2 N–H and O–H groups in total. The summed E-state index contributed by atoms with van der Waals surface area (Å²) in [5.74, 6) is -0.302. The number of halogens is 3. The summed E-state index contributed by atoms with van der Waals surface area (Å²) in [4.78, 5) is 43.2. The summed E-state index contributed by atoms with van der Waals surface area (Å²) < 4.78 is 40.4. The average Bonchev–Trinajstić information content (AvgIpc) is 3.18. The van der Waals surface area contributed by atoms with Crippen LogP contribution in [0.5, 0.6) is 0 Å². The molecule has 4 rings (SSSR count). The summed E-state index contributed by atoms with van der Waals surface area (Å²) in [6.07, 6.45) is 0.360. The summed E-state index contributed by atoms with van der Waals surface area (Å²) in [6.45, 7) is 9.15. The molecule has 2 aromatic rings. The molecule has 0 aromatic heterocycles. The third-order valence-electron chi connectivity index (χ3n) is 8.46. The molecule has 43 heavy (non-hydrogen) atoms. The van der Waals surface area contributed by atoms with E-state index >= 15 is 0 Å². The number of hydrogen-bond donors (Lipinski definition) is 1. The number of hydrogen-bond acceptors (Lipinski definition) is 5. The van der Waals surface area contributed by atoms with Gasteiger partial charge >= 0.3 is 35.7 Å². The molecule has 1 atom stereocenters. The molecule has 0 bridgehead atoms. The smallest absolute Gasteiger partial charge is 0.870 e. The predicted molar refractivity (Wildman–Crippen MR) is 153 cm³/mol. The zero-order valence-electron chi connectivity index (χ0n) is 25.4. The van der Waals surface area contributed by atoms with Gasteiger partial charge in [-0.15, -0.1) is 6.42 Å². The number of carbonyl (C=O) groups is 2. The van der Waals surface area contributed by atoms with Crippen LogP contribution in [0.15, 0.2) is 53.5 Å². The Morgan fingerprint density at radius 3 is 2.30 bits per heavy atom. The Morgan fingerprint density at radius 2 is 1.74 bits per heavy atom. The van der Waals surface area contributed by atoms with Crippen molar-refractivity contribution in [2.75, 3.05) is 13.1 Å². The van der Waals surface area contributed by atoms with Crippen LogP contribution in [-0.4, -0.2) is 52.9 Å². The molecule has 7 nitrogen and oxygen atoms in total. The van der Waals surface area contributed by atoms with Crippen molar-refractivity contribution in [3.63, 3.8) is 0 Å².